The number of benzene rings is 2. The molecule has 0 heterocycles. The van der Waals surface area contributed by atoms with Crippen molar-refractivity contribution in [2.24, 2.45) is 0 Å². The van der Waals surface area contributed by atoms with E-state index >= 15 is 0 Å². The molecule has 0 fully saturated rings. The molecule has 21 heavy (non-hydrogen) atoms. The number of anilines is 2. The maximum absolute atomic E-state index is 13.1. The molecule has 3 N–H and O–H groups in total. The summed E-state index contributed by atoms with van der Waals surface area (Å²) in [6, 6.07) is 11.1. The quantitative estimate of drug-likeness (QED) is 0.640. The van der Waals surface area contributed by atoms with E-state index in [2.05, 4.69) is 5.32 Å². The molecule has 0 aliphatic rings. The summed E-state index contributed by atoms with van der Waals surface area (Å²) in [6.07, 6.45) is 0.299. The number of carbonyl (C=O) groups is 1. The molecule has 2 aromatic carbocycles. The third-order valence-corrected chi connectivity index (χ3v) is 3.98. The monoisotopic (exact) mass is 324 g/mol. The molecule has 0 radical (unpaired) electrons. The highest BCUT2D eigenvalue weighted by Gasteiger charge is 2.06. The van der Waals surface area contributed by atoms with E-state index in [4.69, 9.17) is 17.3 Å². The van der Waals surface area contributed by atoms with E-state index < -0.39 is 0 Å². The van der Waals surface area contributed by atoms with Gasteiger partial charge in [-0.15, -0.1) is 11.8 Å². The maximum Gasteiger partial charge on any atom is 0.225 e. The molecule has 0 saturated heterocycles. The molecule has 0 aromatic heterocycles. The first-order chi connectivity index (χ1) is 10.0. The van der Waals surface area contributed by atoms with E-state index in [1.54, 1.807) is 24.3 Å². The van der Waals surface area contributed by atoms with Crippen molar-refractivity contribution in [3.63, 3.8) is 0 Å². The molecular weight excluding hydrogens is 311 g/mol. The first-order valence-electron chi connectivity index (χ1n) is 6.28. The molecule has 3 nitrogen and oxygen atoms in total. The number of nitrogens with two attached hydrogens (primary N) is 1. The highest BCUT2D eigenvalue weighted by molar-refractivity contribution is 7.99. The Morgan fingerprint density at radius 3 is 2.86 bits per heavy atom. The van der Waals surface area contributed by atoms with Gasteiger partial charge in [0.25, 0.3) is 0 Å². The Kier molecular flexibility index (Phi) is 5.47. The van der Waals surface area contributed by atoms with E-state index in [9.17, 15) is 9.18 Å². The Bertz CT molecular complexity index is 651. The average Bonchev–Trinajstić information content (AvgIpc) is 2.42. The molecule has 0 atom stereocenters. The Morgan fingerprint density at radius 2 is 2.10 bits per heavy atom. The van der Waals surface area contributed by atoms with E-state index in [0.29, 0.717) is 33.5 Å². The predicted octanol–water partition coefficient (Wildman–Crippen LogP) is 4.18. The zero-order valence-electron chi connectivity index (χ0n) is 11.1. The van der Waals surface area contributed by atoms with Crippen LogP contribution < -0.4 is 11.1 Å². The van der Waals surface area contributed by atoms with Crippen molar-refractivity contribution >= 4 is 40.6 Å². The normalized spacial score (nSPS) is 10.4. The standard InChI is InChI=1S/C15H14ClFN2OS/c16-10-2-1-3-12(8-10)19-15(20)6-7-21-14-9-11(17)4-5-13(14)18/h1-5,8-9H,6-7,18H2,(H,19,20). The summed E-state index contributed by atoms with van der Waals surface area (Å²) in [4.78, 5) is 12.4. The molecule has 0 bridgehead atoms. The van der Waals surface area contributed by atoms with Crippen LogP contribution in [0.1, 0.15) is 6.42 Å². The van der Waals surface area contributed by atoms with E-state index in [1.807, 2.05) is 0 Å². The lowest BCUT2D eigenvalue weighted by Gasteiger charge is -2.07. The fraction of sp³-hybridized carbons (Fsp3) is 0.133. The Morgan fingerprint density at radius 1 is 1.29 bits per heavy atom. The highest BCUT2D eigenvalue weighted by Crippen LogP contribution is 2.26. The molecule has 2 aromatic rings. The van der Waals surface area contributed by atoms with Gasteiger partial charge in [0, 0.05) is 33.5 Å². The molecule has 6 heteroatoms. The molecule has 110 valence electrons. The van der Waals surface area contributed by atoms with Crippen LogP contribution in [0.25, 0.3) is 0 Å². The summed E-state index contributed by atoms with van der Waals surface area (Å²) in [5.41, 5.74) is 6.91. The maximum atomic E-state index is 13.1. The summed E-state index contributed by atoms with van der Waals surface area (Å²) in [5, 5.41) is 3.32. The lowest BCUT2D eigenvalue weighted by atomic mass is 10.3. The van der Waals surface area contributed by atoms with Crippen molar-refractivity contribution in [2.75, 3.05) is 16.8 Å². The van der Waals surface area contributed by atoms with Gasteiger partial charge < -0.3 is 11.1 Å². The van der Waals surface area contributed by atoms with E-state index in [-0.39, 0.29) is 11.7 Å². The second-order valence-corrected chi connectivity index (χ2v) is 5.91. The van der Waals surface area contributed by atoms with Crippen LogP contribution in [0.2, 0.25) is 5.02 Å². The van der Waals surface area contributed by atoms with Gasteiger partial charge in [-0.05, 0) is 36.4 Å². The number of nitrogens with one attached hydrogen (secondary N) is 1. The molecule has 0 aliphatic carbocycles. The summed E-state index contributed by atoms with van der Waals surface area (Å²) in [5.74, 6) is 0.0508. The molecule has 0 aliphatic heterocycles. The molecule has 1 amide bonds. The van der Waals surface area contributed by atoms with Gasteiger partial charge in [0.05, 0.1) is 0 Å². The van der Waals surface area contributed by atoms with Crippen LogP contribution in [0, 0.1) is 5.82 Å². The Hall–Kier alpha value is -1.72. The molecular formula is C15H14ClFN2OS. The topological polar surface area (TPSA) is 55.1 Å². The summed E-state index contributed by atoms with van der Waals surface area (Å²) in [7, 11) is 0. The first kappa shape index (κ1) is 15.7. The van der Waals surface area contributed by atoms with Gasteiger partial charge in [0.1, 0.15) is 5.82 Å². The largest absolute Gasteiger partial charge is 0.398 e. The van der Waals surface area contributed by atoms with Crippen molar-refractivity contribution < 1.29 is 9.18 Å². The first-order valence-corrected chi connectivity index (χ1v) is 7.64. The summed E-state index contributed by atoms with van der Waals surface area (Å²) < 4.78 is 13.1. The van der Waals surface area contributed by atoms with E-state index in [0.717, 1.165) is 0 Å². The Labute approximate surface area is 131 Å². The number of halogens is 2. The number of amides is 1. The number of rotatable bonds is 5. The number of hydrogen-bond acceptors (Lipinski definition) is 3. The lowest BCUT2D eigenvalue weighted by Crippen LogP contribution is -2.12. The highest BCUT2D eigenvalue weighted by atomic mass is 35.5. The molecule has 0 saturated carbocycles. The van der Waals surface area contributed by atoms with Crippen LogP contribution in [-0.2, 0) is 4.79 Å². The average molecular weight is 325 g/mol. The minimum absolute atomic E-state index is 0.125. The second kappa shape index (κ2) is 7.33. The zero-order valence-corrected chi connectivity index (χ0v) is 12.7. The number of nitrogen functional groups attached to an aromatic ring is 1. The number of hydrogen-bond donors (Lipinski definition) is 2. The van der Waals surface area contributed by atoms with Gasteiger partial charge in [-0.1, -0.05) is 17.7 Å². The molecule has 0 spiro atoms. The van der Waals surface area contributed by atoms with Gasteiger partial charge in [-0.3, -0.25) is 4.79 Å². The molecule has 0 unspecified atom stereocenters. The predicted molar refractivity (Wildman–Crippen MR) is 86.2 cm³/mol. The smallest absolute Gasteiger partial charge is 0.225 e. The van der Waals surface area contributed by atoms with Crippen LogP contribution in [0.4, 0.5) is 15.8 Å². The van der Waals surface area contributed by atoms with Crippen molar-refractivity contribution in [1.29, 1.82) is 0 Å². The number of carbonyl (C=O) groups excluding carboxylic acids is 1. The lowest BCUT2D eigenvalue weighted by molar-refractivity contribution is -0.115. The summed E-state index contributed by atoms with van der Waals surface area (Å²) in [6.45, 7) is 0. The van der Waals surface area contributed by atoms with Crippen LogP contribution in [0.5, 0.6) is 0 Å². The summed E-state index contributed by atoms with van der Waals surface area (Å²) >= 11 is 7.19. The van der Waals surface area contributed by atoms with Crippen molar-refractivity contribution in [3.8, 4) is 0 Å². The van der Waals surface area contributed by atoms with Crippen LogP contribution in [-0.4, -0.2) is 11.7 Å². The third-order valence-electron chi connectivity index (χ3n) is 2.67. The fourth-order valence-electron chi connectivity index (χ4n) is 1.68. The van der Waals surface area contributed by atoms with Crippen LogP contribution >= 0.6 is 23.4 Å². The van der Waals surface area contributed by atoms with Crippen molar-refractivity contribution in [2.45, 2.75) is 11.3 Å². The van der Waals surface area contributed by atoms with Gasteiger partial charge in [0.15, 0.2) is 0 Å². The van der Waals surface area contributed by atoms with Gasteiger partial charge in [-0.25, -0.2) is 4.39 Å². The van der Waals surface area contributed by atoms with E-state index in [1.165, 1.54) is 30.0 Å². The minimum atomic E-state index is -0.338. The van der Waals surface area contributed by atoms with Gasteiger partial charge in [-0.2, -0.15) is 0 Å². The molecule has 2 rings (SSSR count). The van der Waals surface area contributed by atoms with Crippen molar-refractivity contribution in [3.05, 3.63) is 53.3 Å². The Balaban J connectivity index is 1.83. The second-order valence-electron chi connectivity index (χ2n) is 4.34. The van der Waals surface area contributed by atoms with Gasteiger partial charge in [0.2, 0.25) is 5.91 Å². The van der Waals surface area contributed by atoms with Crippen LogP contribution in [0.15, 0.2) is 47.4 Å². The minimum Gasteiger partial charge on any atom is -0.398 e. The fourth-order valence-corrected chi connectivity index (χ4v) is 2.80. The van der Waals surface area contributed by atoms with Crippen molar-refractivity contribution in [1.82, 2.24) is 0 Å². The third kappa shape index (κ3) is 4.95. The van der Waals surface area contributed by atoms with Gasteiger partial charge >= 0.3 is 0 Å². The zero-order chi connectivity index (χ0) is 15.2. The van der Waals surface area contributed by atoms with Crippen LogP contribution in [0.3, 0.4) is 0 Å². The SMILES string of the molecule is Nc1ccc(F)cc1SCCC(=O)Nc1cccc(Cl)c1. The number of thioether (sulfide) groups is 1.